The van der Waals surface area contributed by atoms with Gasteiger partial charge in [0.25, 0.3) is 11.1 Å². The summed E-state index contributed by atoms with van der Waals surface area (Å²) < 4.78 is 0. The minimum absolute atomic E-state index is 0. The molecule has 8 aromatic rings. The molecule has 4 aromatic heterocycles. The van der Waals surface area contributed by atoms with E-state index in [1.807, 2.05) is 86.6 Å². The van der Waals surface area contributed by atoms with Crippen LogP contribution in [0.4, 0.5) is 34.6 Å². The zero-order valence-corrected chi connectivity index (χ0v) is 35.0. The minimum Gasteiger partial charge on any atom is -0.399 e. The highest BCUT2D eigenvalue weighted by Gasteiger charge is 2.10. The van der Waals surface area contributed by atoms with Crippen molar-refractivity contribution in [2.24, 2.45) is 0 Å². The average molecular weight is 884 g/mol. The Labute approximate surface area is 374 Å². The first kappa shape index (κ1) is 45.8. The summed E-state index contributed by atoms with van der Waals surface area (Å²) >= 11 is 16.6. The molecular formula is C47H41Cl3N10O2. The molecule has 4 aromatic carbocycles. The number of aromatic nitrogens is 6. The second-order valence-corrected chi connectivity index (χ2v) is 14.3. The third kappa shape index (κ3) is 13.4. The van der Waals surface area contributed by atoms with Gasteiger partial charge in [-0.15, -0.1) is 0 Å². The number of amides is 1. The number of aryl methyl sites for hydroxylation is 2. The van der Waals surface area contributed by atoms with Crippen LogP contribution in [0.5, 0.6) is 0 Å². The van der Waals surface area contributed by atoms with E-state index in [1.165, 1.54) is 0 Å². The summed E-state index contributed by atoms with van der Waals surface area (Å²) in [5.74, 6) is 0.780. The quantitative estimate of drug-likeness (QED) is 0.0802. The number of pyridine rings is 2. The van der Waals surface area contributed by atoms with Crippen LogP contribution in [-0.2, 0) is 0 Å². The fourth-order valence-electron chi connectivity index (χ4n) is 5.42. The topological polar surface area (TPSA) is 174 Å². The summed E-state index contributed by atoms with van der Waals surface area (Å²) in [4.78, 5) is 48.8. The van der Waals surface area contributed by atoms with Gasteiger partial charge in [-0.3, -0.25) is 19.6 Å². The largest absolute Gasteiger partial charge is 0.399 e. The molecule has 0 aliphatic carbocycles. The molecule has 0 atom stereocenters. The molecule has 15 heteroatoms. The summed E-state index contributed by atoms with van der Waals surface area (Å²) in [5, 5.41) is 10.1. The Kier molecular flexibility index (Phi) is 16.5. The first-order valence-electron chi connectivity index (χ1n) is 18.5. The first-order chi connectivity index (χ1) is 29.5. The zero-order valence-electron chi connectivity index (χ0n) is 32.7. The number of hydrogen-bond acceptors (Lipinski definition) is 11. The van der Waals surface area contributed by atoms with Crippen LogP contribution in [0.2, 0.25) is 10.0 Å². The molecule has 0 unspecified atom stereocenters. The normalized spacial score (nSPS) is 10.1. The number of nitrogens with zero attached hydrogens (tertiary/aromatic N) is 6. The lowest BCUT2D eigenvalue weighted by atomic mass is 10.1. The van der Waals surface area contributed by atoms with Crippen LogP contribution in [0.3, 0.4) is 0 Å². The van der Waals surface area contributed by atoms with Crippen LogP contribution in [0.1, 0.15) is 39.3 Å². The van der Waals surface area contributed by atoms with E-state index in [-0.39, 0.29) is 13.3 Å². The van der Waals surface area contributed by atoms with Crippen molar-refractivity contribution in [2.75, 3.05) is 21.7 Å². The fourth-order valence-corrected chi connectivity index (χ4v) is 5.80. The van der Waals surface area contributed by atoms with Crippen molar-refractivity contribution in [3.63, 3.8) is 0 Å². The highest BCUT2D eigenvalue weighted by Crippen LogP contribution is 2.26. The van der Waals surface area contributed by atoms with E-state index >= 15 is 0 Å². The van der Waals surface area contributed by atoms with Crippen LogP contribution in [-0.4, -0.2) is 41.1 Å². The SMILES string of the molecule is C.Cc1ccc(N)cc1Nc1nccc(-c2cccnc2)n1.Cc1ccc(NC(=O)c2ccc(Cl)cc2)cc1Nc1nccc(-c2cccnc2)n1.O=C(Cl)c1ccc(Cl)cc1. The lowest BCUT2D eigenvalue weighted by Gasteiger charge is -2.12. The van der Waals surface area contributed by atoms with E-state index in [1.54, 1.807) is 85.7 Å². The van der Waals surface area contributed by atoms with Crippen LogP contribution in [0.15, 0.2) is 159 Å². The van der Waals surface area contributed by atoms with Crippen molar-refractivity contribution < 1.29 is 9.59 Å². The number of benzene rings is 4. The van der Waals surface area contributed by atoms with Crippen molar-refractivity contribution in [2.45, 2.75) is 21.3 Å². The Bertz CT molecular complexity index is 2730. The molecule has 1 amide bonds. The van der Waals surface area contributed by atoms with Gasteiger partial charge in [-0.05, 0) is 146 Å². The molecule has 312 valence electrons. The van der Waals surface area contributed by atoms with E-state index < -0.39 is 5.24 Å². The van der Waals surface area contributed by atoms with Crippen molar-refractivity contribution >= 4 is 80.6 Å². The van der Waals surface area contributed by atoms with Gasteiger partial charge in [0.15, 0.2) is 0 Å². The van der Waals surface area contributed by atoms with Gasteiger partial charge < -0.3 is 21.7 Å². The number of hydrogen-bond donors (Lipinski definition) is 4. The smallest absolute Gasteiger partial charge is 0.255 e. The van der Waals surface area contributed by atoms with Gasteiger partial charge in [-0.25, -0.2) is 19.9 Å². The number of rotatable bonds is 9. The second-order valence-electron chi connectivity index (χ2n) is 13.1. The molecule has 0 saturated carbocycles. The monoisotopic (exact) mass is 882 g/mol. The Morgan fingerprint density at radius 3 is 1.55 bits per heavy atom. The maximum Gasteiger partial charge on any atom is 0.255 e. The first-order valence-corrected chi connectivity index (χ1v) is 19.6. The average Bonchev–Trinajstić information content (AvgIpc) is 3.28. The molecule has 5 N–H and O–H groups in total. The predicted molar refractivity (Wildman–Crippen MR) is 252 cm³/mol. The maximum atomic E-state index is 12.5. The zero-order chi connectivity index (χ0) is 43.1. The van der Waals surface area contributed by atoms with E-state index in [0.717, 1.165) is 45.0 Å². The summed E-state index contributed by atoms with van der Waals surface area (Å²) in [6.45, 7) is 3.98. The molecule has 0 saturated heterocycles. The van der Waals surface area contributed by atoms with Crippen LogP contribution in [0, 0.1) is 13.8 Å². The molecule has 4 heterocycles. The lowest BCUT2D eigenvalue weighted by molar-refractivity contribution is 0.102. The molecule has 0 aliphatic rings. The summed E-state index contributed by atoms with van der Waals surface area (Å²) in [6, 6.07) is 35.8. The molecule has 0 fully saturated rings. The van der Waals surface area contributed by atoms with Gasteiger partial charge in [0.05, 0.1) is 11.4 Å². The third-order valence-electron chi connectivity index (χ3n) is 8.65. The number of carbonyl (C=O) groups is 2. The van der Waals surface area contributed by atoms with Crippen LogP contribution in [0.25, 0.3) is 22.5 Å². The molecule has 12 nitrogen and oxygen atoms in total. The summed E-state index contributed by atoms with van der Waals surface area (Å²) in [7, 11) is 0. The number of nitrogen functional groups attached to an aromatic ring is 1. The van der Waals surface area contributed by atoms with Gasteiger partial charge in [-0.2, -0.15) is 0 Å². The van der Waals surface area contributed by atoms with Gasteiger partial charge in [0, 0.05) is 92.2 Å². The number of carbonyl (C=O) groups excluding carboxylic acids is 2. The molecular weight excluding hydrogens is 843 g/mol. The molecule has 0 bridgehead atoms. The summed E-state index contributed by atoms with van der Waals surface area (Å²) in [6.07, 6.45) is 10.4. The molecule has 0 aliphatic heterocycles. The van der Waals surface area contributed by atoms with Crippen LogP contribution >= 0.6 is 34.8 Å². The standard InChI is InChI=1S/C23H18ClN5O.C16H15N5.C7H4Cl2O.CH4/c1-15-4-9-19(27-22(30)16-5-7-18(24)8-6-16)13-21(15)29-23-26-12-10-20(28-23)17-3-2-11-25-14-17;1-11-4-5-13(17)9-15(11)21-16-19-8-6-14(20-16)12-3-2-7-18-10-12;8-6-3-1-5(2-4-6)7(9)10;/h2-14H,1H3,(H,27,30)(H,26,28,29);2-10H,17H2,1H3,(H,19,20,21);1-4H;1H4. The van der Waals surface area contributed by atoms with E-state index in [4.69, 9.17) is 40.5 Å². The van der Waals surface area contributed by atoms with Crippen molar-refractivity contribution in [1.82, 2.24) is 29.9 Å². The highest BCUT2D eigenvalue weighted by atomic mass is 35.5. The van der Waals surface area contributed by atoms with Crippen molar-refractivity contribution in [3.05, 3.63) is 191 Å². The summed E-state index contributed by atoms with van der Waals surface area (Å²) in [5.41, 5.74) is 15.4. The number of anilines is 6. The number of nitrogens with two attached hydrogens (primary N) is 1. The minimum atomic E-state index is -0.461. The second kappa shape index (κ2) is 22.4. The van der Waals surface area contributed by atoms with Gasteiger partial charge >= 0.3 is 0 Å². The van der Waals surface area contributed by atoms with E-state index in [2.05, 4.69) is 45.9 Å². The number of halogens is 3. The van der Waals surface area contributed by atoms with Crippen molar-refractivity contribution in [1.29, 1.82) is 0 Å². The Balaban J connectivity index is 0.000000196. The van der Waals surface area contributed by atoms with Gasteiger partial charge in [-0.1, -0.05) is 42.8 Å². The predicted octanol–water partition coefficient (Wildman–Crippen LogP) is 12.0. The number of nitrogens with one attached hydrogen (secondary N) is 3. The van der Waals surface area contributed by atoms with E-state index in [9.17, 15) is 9.59 Å². The van der Waals surface area contributed by atoms with Crippen LogP contribution < -0.4 is 21.7 Å². The molecule has 0 spiro atoms. The van der Waals surface area contributed by atoms with E-state index in [0.29, 0.717) is 44.4 Å². The van der Waals surface area contributed by atoms with Crippen molar-refractivity contribution in [3.8, 4) is 22.5 Å². The molecule has 0 radical (unpaired) electrons. The third-order valence-corrected chi connectivity index (χ3v) is 9.38. The maximum absolute atomic E-state index is 12.5. The van der Waals surface area contributed by atoms with Gasteiger partial charge in [0.2, 0.25) is 11.9 Å². The Morgan fingerprint density at radius 2 is 1.06 bits per heavy atom. The lowest BCUT2D eigenvalue weighted by Crippen LogP contribution is -2.12. The molecule has 8 rings (SSSR count). The fraction of sp³-hybridized carbons (Fsp3) is 0.0638. The molecule has 62 heavy (non-hydrogen) atoms. The highest BCUT2D eigenvalue weighted by molar-refractivity contribution is 6.67. The Hall–Kier alpha value is -7.25. The Morgan fingerprint density at radius 1 is 0.581 bits per heavy atom. The van der Waals surface area contributed by atoms with Gasteiger partial charge in [0.1, 0.15) is 0 Å².